The van der Waals surface area contributed by atoms with Crippen LogP contribution < -0.4 is 10.6 Å². The number of nitrogens with one attached hydrogen (secondary N) is 2. The monoisotopic (exact) mass is 399 g/mol. The molecule has 1 atom stereocenters. The molecule has 1 aliphatic rings. The van der Waals surface area contributed by atoms with Crippen molar-refractivity contribution in [2.24, 2.45) is 0 Å². The number of nitrogens with zero attached hydrogens (tertiary/aromatic N) is 3. The van der Waals surface area contributed by atoms with Gasteiger partial charge in [-0.15, -0.1) is 0 Å². The van der Waals surface area contributed by atoms with Crippen molar-refractivity contribution >= 4 is 40.7 Å². The molecule has 2 heterocycles. The minimum absolute atomic E-state index is 0.247. The Morgan fingerprint density at radius 3 is 2.70 bits per heavy atom. The first-order valence-corrected chi connectivity index (χ1v) is 8.99. The Hall–Kier alpha value is -2.83. The molecular weight excluding hydrogens is 385 g/mol. The molecule has 136 valence electrons. The summed E-state index contributed by atoms with van der Waals surface area (Å²) in [6.07, 6.45) is 1.43. The van der Waals surface area contributed by atoms with E-state index >= 15 is 0 Å². The van der Waals surface area contributed by atoms with Gasteiger partial charge in [-0.1, -0.05) is 47.5 Å². The molecule has 1 aliphatic heterocycles. The zero-order chi connectivity index (χ0) is 19.0. The number of amides is 1. The van der Waals surface area contributed by atoms with Crippen LogP contribution in [0.3, 0.4) is 0 Å². The molecule has 0 radical (unpaired) electrons. The van der Waals surface area contributed by atoms with Crippen LogP contribution in [0.25, 0.3) is 0 Å². The number of fused-ring (bicyclic) bond motifs is 1. The molecule has 0 unspecified atom stereocenters. The van der Waals surface area contributed by atoms with Crippen LogP contribution >= 0.6 is 23.2 Å². The van der Waals surface area contributed by atoms with Crippen molar-refractivity contribution in [1.82, 2.24) is 14.8 Å². The van der Waals surface area contributed by atoms with Crippen LogP contribution in [0.5, 0.6) is 0 Å². The van der Waals surface area contributed by atoms with E-state index in [2.05, 4.69) is 20.7 Å². The van der Waals surface area contributed by atoms with Crippen molar-refractivity contribution in [2.75, 3.05) is 10.6 Å². The summed E-state index contributed by atoms with van der Waals surface area (Å²) < 4.78 is 1.64. The van der Waals surface area contributed by atoms with E-state index in [1.165, 1.54) is 6.33 Å². The van der Waals surface area contributed by atoms with Gasteiger partial charge in [0, 0.05) is 27.0 Å². The van der Waals surface area contributed by atoms with Crippen LogP contribution in [0, 0.1) is 0 Å². The van der Waals surface area contributed by atoms with Crippen LogP contribution in [0.15, 0.2) is 66.1 Å². The molecule has 0 spiro atoms. The standard InChI is InChI=1S/C19H15Cl2N5O/c1-11-16(18(27)25-13-5-3-2-4-6-13)17(26-19(24-11)22-10-23-26)14-8-7-12(20)9-15(14)21/h2-10,17H,1H3,(H,25,27)(H,22,23,24)/t17-/m1/s1. The van der Waals surface area contributed by atoms with Crippen LogP contribution in [0.4, 0.5) is 11.6 Å². The predicted octanol–water partition coefficient (Wildman–Crippen LogP) is 4.51. The predicted molar refractivity (Wildman–Crippen MR) is 106 cm³/mol. The maximum atomic E-state index is 13.1. The summed E-state index contributed by atoms with van der Waals surface area (Å²) in [7, 11) is 0. The van der Waals surface area contributed by atoms with Gasteiger partial charge in [0.25, 0.3) is 5.91 Å². The molecule has 0 bridgehead atoms. The summed E-state index contributed by atoms with van der Waals surface area (Å²) in [6.45, 7) is 1.83. The number of carbonyl (C=O) groups excluding carboxylic acids is 1. The topological polar surface area (TPSA) is 71.8 Å². The number of aromatic nitrogens is 3. The minimum Gasteiger partial charge on any atom is -0.328 e. The number of rotatable bonds is 3. The molecule has 0 saturated carbocycles. The summed E-state index contributed by atoms with van der Waals surface area (Å²) in [4.78, 5) is 17.3. The third-order valence-electron chi connectivity index (χ3n) is 4.33. The van der Waals surface area contributed by atoms with Crippen molar-refractivity contribution < 1.29 is 4.79 Å². The lowest BCUT2D eigenvalue weighted by Crippen LogP contribution is -2.31. The highest BCUT2D eigenvalue weighted by Gasteiger charge is 2.34. The van der Waals surface area contributed by atoms with Gasteiger partial charge in [-0.3, -0.25) is 4.79 Å². The van der Waals surface area contributed by atoms with E-state index in [0.717, 1.165) is 0 Å². The molecule has 2 N–H and O–H groups in total. The summed E-state index contributed by atoms with van der Waals surface area (Å²) >= 11 is 12.5. The average molecular weight is 400 g/mol. The van der Waals surface area contributed by atoms with Crippen molar-refractivity contribution in [3.05, 3.63) is 81.7 Å². The number of benzene rings is 2. The highest BCUT2D eigenvalue weighted by Crippen LogP contribution is 2.38. The summed E-state index contributed by atoms with van der Waals surface area (Å²) in [5, 5.41) is 11.3. The van der Waals surface area contributed by atoms with E-state index < -0.39 is 6.04 Å². The number of hydrogen-bond acceptors (Lipinski definition) is 4. The maximum absolute atomic E-state index is 13.1. The molecule has 0 aliphatic carbocycles. The lowest BCUT2D eigenvalue weighted by Gasteiger charge is -2.29. The molecule has 3 aromatic rings. The second kappa shape index (κ2) is 7.06. The van der Waals surface area contributed by atoms with Crippen molar-refractivity contribution in [1.29, 1.82) is 0 Å². The lowest BCUT2D eigenvalue weighted by molar-refractivity contribution is -0.113. The van der Waals surface area contributed by atoms with Gasteiger partial charge in [-0.05, 0) is 31.2 Å². The van der Waals surface area contributed by atoms with Gasteiger partial charge >= 0.3 is 0 Å². The summed E-state index contributed by atoms with van der Waals surface area (Å²) in [6, 6.07) is 13.9. The first-order chi connectivity index (χ1) is 13.0. The average Bonchev–Trinajstić information content (AvgIpc) is 3.09. The second-order valence-corrected chi connectivity index (χ2v) is 6.92. The van der Waals surface area contributed by atoms with Crippen molar-refractivity contribution in [3.63, 3.8) is 0 Å². The number of anilines is 2. The zero-order valence-electron chi connectivity index (χ0n) is 14.3. The molecule has 0 saturated heterocycles. The first-order valence-electron chi connectivity index (χ1n) is 8.23. The van der Waals surface area contributed by atoms with E-state index in [0.29, 0.717) is 38.5 Å². The highest BCUT2D eigenvalue weighted by molar-refractivity contribution is 6.35. The van der Waals surface area contributed by atoms with E-state index in [1.54, 1.807) is 22.9 Å². The van der Waals surface area contributed by atoms with Gasteiger partial charge in [-0.2, -0.15) is 10.1 Å². The Kier molecular flexibility index (Phi) is 4.59. The number of para-hydroxylation sites is 1. The molecule has 1 aromatic heterocycles. The van der Waals surface area contributed by atoms with Gasteiger partial charge in [-0.25, -0.2) is 4.68 Å². The van der Waals surface area contributed by atoms with Gasteiger partial charge in [0.1, 0.15) is 12.4 Å². The van der Waals surface area contributed by atoms with Crippen LogP contribution in [-0.4, -0.2) is 20.7 Å². The summed E-state index contributed by atoms with van der Waals surface area (Å²) in [5.74, 6) is 0.295. The third-order valence-corrected chi connectivity index (χ3v) is 4.89. The summed E-state index contributed by atoms with van der Waals surface area (Å²) in [5.41, 5.74) is 2.60. The number of hydrogen-bond donors (Lipinski definition) is 2. The Morgan fingerprint density at radius 1 is 1.19 bits per heavy atom. The normalized spacial score (nSPS) is 15.9. The van der Waals surface area contributed by atoms with Gasteiger partial charge in [0.15, 0.2) is 0 Å². The number of halogens is 2. The third kappa shape index (κ3) is 3.29. The van der Waals surface area contributed by atoms with Crippen LogP contribution in [-0.2, 0) is 4.79 Å². The van der Waals surface area contributed by atoms with Gasteiger partial charge in [0.05, 0.1) is 5.57 Å². The quantitative estimate of drug-likeness (QED) is 0.679. The smallest absolute Gasteiger partial charge is 0.255 e. The Labute approximate surface area is 165 Å². The number of carbonyl (C=O) groups is 1. The minimum atomic E-state index is -0.530. The van der Waals surface area contributed by atoms with E-state index in [1.807, 2.05) is 37.3 Å². The molecule has 27 heavy (non-hydrogen) atoms. The first kappa shape index (κ1) is 17.6. The van der Waals surface area contributed by atoms with Crippen molar-refractivity contribution in [3.8, 4) is 0 Å². The Morgan fingerprint density at radius 2 is 1.96 bits per heavy atom. The Balaban J connectivity index is 1.81. The maximum Gasteiger partial charge on any atom is 0.255 e. The fourth-order valence-electron chi connectivity index (χ4n) is 3.12. The molecule has 8 heteroatoms. The molecule has 4 rings (SSSR count). The van der Waals surface area contributed by atoms with Crippen molar-refractivity contribution in [2.45, 2.75) is 13.0 Å². The zero-order valence-corrected chi connectivity index (χ0v) is 15.8. The fourth-order valence-corrected chi connectivity index (χ4v) is 3.63. The van der Waals surface area contributed by atoms with Crippen LogP contribution in [0.1, 0.15) is 18.5 Å². The lowest BCUT2D eigenvalue weighted by atomic mass is 9.95. The molecule has 0 fully saturated rings. The fraction of sp³-hybridized carbons (Fsp3) is 0.105. The Bertz CT molecular complexity index is 1050. The van der Waals surface area contributed by atoms with Crippen LogP contribution in [0.2, 0.25) is 10.0 Å². The van der Waals surface area contributed by atoms with E-state index in [4.69, 9.17) is 23.2 Å². The second-order valence-electron chi connectivity index (χ2n) is 6.08. The molecule has 2 aromatic carbocycles. The molecule has 6 nitrogen and oxygen atoms in total. The highest BCUT2D eigenvalue weighted by atomic mass is 35.5. The SMILES string of the molecule is CC1=C(C(=O)Nc2ccccc2)[C@@H](c2ccc(Cl)cc2Cl)n2ncnc2N1. The van der Waals surface area contributed by atoms with Gasteiger partial charge < -0.3 is 10.6 Å². The molecule has 1 amide bonds. The molecular formula is C19H15Cl2N5O. The van der Waals surface area contributed by atoms with E-state index in [-0.39, 0.29) is 5.91 Å². The largest absolute Gasteiger partial charge is 0.328 e. The van der Waals surface area contributed by atoms with Gasteiger partial charge in [0.2, 0.25) is 5.95 Å². The number of allylic oxidation sites excluding steroid dienone is 1. The van der Waals surface area contributed by atoms with E-state index in [9.17, 15) is 4.79 Å².